The highest BCUT2D eigenvalue weighted by atomic mass is 32.1. The van der Waals surface area contributed by atoms with E-state index in [9.17, 15) is 4.79 Å². The van der Waals surface area contributed by atoms with Crippen LogP contribution in [0, 0.1) is 12.8 Å². The molecule has 0 aromatic carbocycles. The molecule has 1 amide bonds. The number of thiazole rings is 1. The first-order valence-corrected chi connectivity index (χ1v) is 7.73. The van der Waals surface area contributed by atoms with Crippen LogP contribution in [-0.4, -0.2) is 28.9 Å². The standard InChI is InChI=1S/C14H20N2OS/c1-9-4-3-7-16(8-9)14(17)12-10(2)15-13(18-12)11-5-6-11/h9,11H,3-8H2,1-2H3. The summed E-state index contributed by atoms with van der Waals surface area (Å²) in [6.45, 7) is 6.03. The SMILES string of the molecule is Cc1nc(C2CC2)sc1C(=O)N1CCCC(C)C1. The first-order chi connectivity index (χ1) is 8.65. The number of aromatic nitrogens is 1. The maximum atomic E-state index is 12.5. The largest absolute Gasteiger partial charge is 0.338 e. The van der Waals surface area contributed by atoms with Crippen molar-refractivity contribution in [1.29, 1.82) is 0 Å². The molecule has 1 aromatic rings. The molecule has 1 aromatic heterocycles. The molecule has 1 aliphatic heterocycles. The second-order valence-electron chi connectivity index (χ2n) is 5.74. The van der Waals surface area contributed by atoms with Gasteiger partial charge in [-0.05, 0) is 38.5 Å². The van der Waals surface area contributed by atoms with Crippen molar-refractivity contribution in [3.05, 3.63) is 15.6 Å². The third-order valence-electron chi connectivity index (χ3n) is 3.88. The summed E-state index contributed by atoms with van der Waals surface area (Å²) in [5.41, 5.74) is 0.935. The first kappa shape index (κ1) is 12.2. The summed E-state index contributed by atoms with van der Waals surface area (Å²) in [6.07, 6.45) is 4.89. The van der Waals surface area contributed by atoms with Gasteiger partial charge in [0.25, 0.3) is 5.91 Å². The van der Waals surface area contributed by atoms with Crippen molar-refractivity contribution in [2.45, 2.75) is 45.4 Å². The summed E-state index contributed by atoms with van der Waals surface area (Å²) < 4.78 is 0. The van der Waals surface area contributed by atoms with Crippen LogP contribution < -0.4 is 0 Å². The predicted molar refractivity (Wildman–Crippen MR) is 73.1 cm³/mol. The van der Waals surface area contributed by atoms with Crippen LogP contribution in [0.1, 0.15) is 58.9 Å². The van der Waals surface area contributed by atoms with Gasteiger partial charge in [-0.25, -0.2) is 4.98 Å². The van der Waals surface area contributed by atoms with Crippen molar-refractivity contribution in [3.63, 3.8) is 0 Å². The Balaban J connectivity index is 1.78. The van der Waals surface area contributed by atoms with Crippen LogP contribution in [0.4, 0.5) is 0 Å². The van der Waals surface area contributed by atoms with Gasteiger partial charge in [-0.1, -0.05) is 6.92 Å². The molecule has 1 saturated heterocycles. The van der Waals surface area contributed by atoms with E-state index >= 15 is 0 Å². The number of hydrogen-bond acceptors (Lipinski definition) is 3. The zero-order valence-corrected chi connectivity index (χ0v) is 11.9. The Hall–Kier alpha value is -0.900. The second kappa shape index (κ2) is 4.65. The number of piperidine rings is 1. The van der Waals surface area contributed by atoms with E-state index in [1.54, 1.807) is 11.3 Å². The Morgan fingerprint density at radius 2 is 2.17 bits per heavy atom. The molecule has 3 rings (SSSR count). The van der Waals surface area contributed by atoms with Crippen molar-refractivity contribution in [2.24, 2.45) is 5.92 Å². The lowest BCUT2D eigenvalue weighted by atomic mass is 10.0. The van der Waals surface area contributed by atoms with Gasteiger partial charge in [0.1, 0.15) is 4.88 Å². The van der Waals surface area contributed by atoms with Crippen LogP contribution >= 0.6 is 11.3 Å². The van der Waals surface area contributed by atoms with Gasteiger partial charge in [0.05, 0.1) is 10.7 Å². The molecule has 1 atom stereocenters. The molecule has 0 bridgehead atoms. The molecule has 98 valence electrons. The minimum absolute atomic E-state index is 0.212. The summed E-state index contributed by atoms with van der Waals surface area (Å²) in [4.78, 5) is 20.0. The molecule has 2 fully saturated rings. The number of carbonyl (C=O) groups is 1. The number of carbonyl (C=O) groups excluding carboxylic acids is 1. The Bertz CT molecular complexity index is 464. The average molecular weight is 264 g/mol. The molecule has 0 N–H and O–H groups in total. The minimum Gasteiger partial charge on any atom is -0.338 e. The summed E-state index contributed by atoms with van der Waals surface area (Å²) in [5, 5.41) is 1.18. The van der Waals surface area contributed by atoms with Crippen LogP contribution in [0.3, 0.4) is 0 Å². The summed E-state index contributed by atoms with van der Waals surface area (Å²) >= 11 is 1.63. The normalized spacial score (nSPS) is 24.3. The minimum atomic E-state index is 0.212. The van der Waals surface area contributed by atoms with Gasteiger partial charge in [-0.3, -0.25) is 4.79 Å². The quantitative estimate of drug-likeness (QED) is 0.822. The van der Waals surface area contributed by atoms with Gasteiger partial charge in [0.2, 0.25) is 0 Å². The maximum absolute atomic E-state index is 12.5. The highest BCUT2D eigenvalue weighted by Crippen LogP contribution is 2.42. The molecule has 1 saturated carbocycles. The van der Waals surface area contributed by atoms with E-state index in [1.165, 1.54) is 24.3 Å². The monoisotopic (exact) mass is 264 g/mol. The fraction of sp³-hybridized carbons (Fsp3) is 0.714. The fourth-order valence-corrected chi connectivity index (χ4v) is 3.84. The Labute approximate surface area is 112 Å². The highest BCUT2D eigenvalue weighted by molar-refractivity contribution is 7.13. The van der Waals surface area contributed by atoms with Crippen molar-refractivity contribution >= 4 is 17.2 Å². The van der Waals surface area contributed by atoms with Crippen molar-refractivity contribution in [3.8, 4) is 0 Å². The Kier molecular flexibility index (Phi) is 3.14. The lowest BCUT2D eigenvalue weighted by Crippen LogP contribution is -2.39. The van der Waals surface area contributed by atoms with Gasteiger partial charge in [-0.2, -0.15) is 0 Å². The third kappa shape index (κ3) is 2.30. The van der Waals surface area contributed by atoms with Crippen LogP contribution in [0.2, 0.25) is 0 Å². The molecule has 1 aliphatic carbocycles. The van der Waals surface area contributed by atoms with Gasteiger partial charge >= 0.3 is 0 Å². The molecule has 2 heterocycles. The average Bonchev–Trinajstić information content (AvgIpc) is 3.12. The van der Waals surface area contributed by atoms with Crippen LogP contribution in [0.25, 0.3) is 0 Å². The molecule has 0 radical (unpaired) electrons. The van der Waals surface area contributed by atoms with E-state index in [2.05, 4.69) is 11.9 Å². The number of nitrogens with zero attached hydrogens (tertiary/aromatic N) is 2. The fourth-order valence-electron chi connectivity index (χ4n) is 2.64. The third-order valence-corrected chi connectivity index (χ3v) is 5.19. The highest BCUT2D eigenvalue weighted by Gasteiger charge is 2.30. The molecule has 0 spiro atoms. The van der Waals surface area contributed by atoms with Crippen LogP contribution in [-0.2, 0) is 0 Å². The van der Waals surface area contributed by atoms with Crippen molar-refractivity contribution < 1.29 is 4.79 Å². The lowest BCUT2D eigenvalue weighted by Gasteiger charge is -2.30. The van der Waals surface area contributed by atoms with E-state index in [0.29, 0.717) is 11.8 Å². The molecule has 4 heteroatoms. The Morgan fingerprint density at radius 1 is 1.39 bits per heavy atom. The molecule has 18 heavy (non-hydrogen) atoms. The zero-order valence-electron chi connectivity index (χ0n) is 11.1. The summed E-state index contributed by atoms with van der Waals surface area (Å²) in [5.74, 6) is 1.50. The van der Waals surface area contributed by atoms with E-state index in [0.717, 1.165) is 30.1 Å². The van der Waals surface area contributed by atoms with Crippen LogP contribution in [0.5, 0.6) is 0 Å². The molecule has 2 aliphatic rings. The maximum Gasteiger partial charge on any atom is 0.265 e. The summed E-state index contributed by atoms with van der Waals surface area (Å²) in [6, 6.07) is 0. The lowest BCUT2D eigenvalue weighted by molar-refractivity contribution is 0.0687. The summed E-state index contributed by atoms with van der Waals surface area (Å²) in [7, 11) is 0. The molecular weight excluding hydrogens is 244 g/mol. The van der Waals surface area contributed by atoms with Crippen molar-refractivity contribution in [1.82, 2.24) is 9.88 Å². The number of hydrogen-bond donors (Lipinski definition) is 0. The predicted octanol–water partition coefficient (Wildman–Crippen LogP) is 3.20. The number of rotatable bonds is 2. The zero-order chi connectivity index (χ0) is 12.7. The van der Waals surface area contributed by atoms with Gasteiger partial charge in [-0.15, -0.1) is 11.3 Å². The molecule has 3 nitrogen and oxygen atoms in total. The van der Waals surface area contributed by atoms with E-state index in [4.69, 9.17) is 0 Å². The van der Waals surface area contributed by atoms with Crippen LogP contribution in [0.15, 0.2) is 0 Å². The smallest absolute Gasteiger partial charge is 0.265 e. The Morgan fingerprint density at radius 3 is 2.83 bits per heavy atom. The van der Waals surface area contributed by atoms with Gasteiger partial charge in [0.15, 0.2) is 0 Å². The van der Waals surface area contributed by atoms with E-state index < -0.39 is 0 Å². The molecule has 1 unspecified atom stereocenters. The number of amides is 1. The number of aryl methyl sites for hydroxylation is 1. The molecular formula is C14H20N2OS. The topological polar surface area (TPSA) is 33.2 Å². The second-order valence-corrected chi connectivity index (χ2v) is 6.77. The van der Waals surface area contributed by atoms with E-state index in [-0.39, 0.29) is 5.91 Å². The van der Waals surface area contributed by atoms with E-state index in [1.807, 2.05) is 11.8 Å². The van der Waals surface area contributed by atoms with Gasteiger partial charge < -0.3 is 4.90 Å². The van der Waals surface area contributed by atoms with Crippen molar-refractivity contribution in [2.75, 3.05) is 13.1 Å². The number of likely N-dealkylation sites (tertiary alicyclic amines) is 1. The van der Waals surface area contributed by atoms with Gasteiger partial charge in [0, 0.05) is 19.0 Å². The first-order valence-electron chi connectivity index (χ1n) is 6.91.